The van der Waals surface area contributed by atoms with E-state index in [1.54, 1.807) is 41.3 Å². The van der Waals surface area contributed by atoms with Gasteiger partial charge in [-0.2, -0.15) is 0 Å². The molecule has 1 fully saturated rings. The van der Waals surface area contributed by atoms with E-state index in [1.807, 2.05) is 0 Å². The van der Waals surface area contributed by atoms with Gasteiger partial charge in [0.05, 0.1) is 19.6 Å². The smallest absolute Gasteiger partial charge is 0.313 e. The molecule has 5 nitrogen and oxygen atoms in total. The van der Waals surface area contributed by atoms with Crippen molar-refractivity contribution in [3.8, 4) is 0 Å². The third-order valence-corrected chi connectivity index (χ3v) is 5.51. The number of rotatable bonds is 6. The Kier molecular flexibility index (Phi) is 6.65. The molecular formula is C21H24ClFN3O2+. The van der Waals surface area contributed by atoms with Crippen molar-refractivity contribution in [2.24, 2.45) is 0 Å². The first-order valence-corrected chi connectivity index (χ1v) is 9.78. The van der Waals surface area contributed by atoms with Crippen molar-refractivity contribution in [2.75, 3.05) is 38.0 Å². The number of hydrogen-bond donors (Lipinski definition) is 1. The van der Waals surface area contributed by atoms with Crippen LogP contribution in [0.1, 0.15) is 12.8 Å². The summed E-state index contributed by atoms with van der Waals surface area (Å²) in [6, 6.07) is 13.4. The van der Waals surface area contributed by atoms with Crippen molar-refractivity contribution >= 4 is 35.3 Å². The monoisotopic (exact) mass is 404 g/mol. The van der Waals surface area contributed by atoms with Crippen molar-refractivity contribution in [3.63, 3.8) is 0 Å². The van der Waals surface area contributed by atoms with Crippen LogP contribution in [0.25, 0.3) is 0 Å². The van der Waals surface area contributed by atoms with Gasteiger partial charge in [-0.15, -0.1) is 0 Å². The second-order valence-electron chi connectivity index (χ2n) is 7.03. The predicted molar refractivity (Wildman–Crippen MR) is 110 cm³/mol. The number of carbonyl (C=O) groups excluding carboxylic acids is 2. The minimum Gasteiger partial charge on any atom is -0.313 e. The zero-order valence-corrected chi connectivity index (χ0v) is 16.4. The summed E-state index contributed by atoms with van der Waals surface area (Å²) >= 11 is 5.88. The van der Waals surface area contributed by atoms with E-state index < -0.39 is 0 Å². The zero-order chi connectivity index (χ0) is 20.0. The van der Waals surface area contributed by atoms with Crippen LogP contribution in [0.3, 0.4) is 0 Å². The van der Waals surface area contributed by atoms with Crippen molar-refractivity contribution in [1.82, 2.24) is 9.38 Å². The molecule has 148 valence electrons. The van der Waals surface area contributed by atoms with Gasteiger partial charge in [0.25, 0.3) is 0 Å². The normalized spacial score (nSPS) is 15.9. The van der Waals surface area contributed by atoms with Crippen LogP contribution in [0.5, 0.6) is 0 Å². The first-order chi connectivity index (χ1) is 13.5. The zero-order valence-electron chi connectivity index (χ0n) is 15.6. The van der Waals surface area contributed by atoms with Crippen molar-refractivity contribution in [1.29, 1.82) is 0 Å². The maximum Gasteiger partial charge on any atom is 0.322 e. The van der Waals surface area contributed by atoms with Crippen LogP contribution in [0.2, 0.25) is 5.02 Å². The van der Waals surface area contributed by atoms with Gasteiger partial charge in [0.1, 0.15) is 30.9 Å². The van der Waals surface area contributed by atoms with E-state index in [0.29, 0.717) is 34.7 Å². The number of unbranched alkanes of at least 4 members (excludes halogenated alkanes) is 1. The lowest BCUT2D eigenvalue weighted by molar-refractivity contribution is -0.108. The van der Waals surface area contributed by atoms with E-state index in [9.17, 15) is 14.0 Å². The number of benzene rings is 2. The molecule has 0 atom stereocenters. The number of hydrogen-bond acceptors (Lipinski definition) is 2. The maximum absolute atomic E-state index is 13.4. The van der Waals surface area contributed by atoms with Gasteiger partial charge in [0, 0.05) is 35.7 Å². The van der Waals surface area contributed by atoms with Gasteiger partial charge >= 0.3 is 6.03 Å². The Morgan fingerprint density at radius 3 is 2.36 bits per heavy atom. The van der Waals surface area contributed by atoms with Crippen molar-refractivity contribution in [2.45, 2.75) is 12.8 Å². The average molecular weight is 405 g/mol. The van der Waals surface area contributed by atoms with Crippen LogP contribution >= 0.6 is 11.6 Å². The summed E-state index contributed by atoms with van der Waals surface area (Å²) in [4.78, 5) is 25.1. The van der Waals surface area contributed by atoms with Crippen LogP contribution in [0.4, 0.5) is 20.6 Å². The van der Waals surface area contributed by atoms with E-state index in [0.717, 1.165) is 38.0 Å². The average Bonchev–Trinajstić information content (AvgIpc) is 2.71. The molecule has 0 saturated carbocycles. The summed E-state index contributed by atoms with van der Waals surface area (Å²) in [5, 5.41) is 3.51. The molecule has 1 heterocycles. The molecule has 3 rings (SSSR count). The largest absolute Gasteiger partial charge is 0.322 e. The Bertz CT molecular complexity index is 803. The van der Waals surface area contributed by atoms with Crippen molar-refractivity contribution in [3.05, 3.63) is 59.4 Å². The highest BCUT2D eigenvalue weighted by Crippen LogP contribution is 2.27. The highest BCUT2D eigenvalue weighted by atomic mass is 35.5. The molecule has 0 unspecified atom stereocenters. The van der Waals surface area contributed by atoms with Gasteiger partial charge < -0.3 is 15.0 Å². The van der Waals surface area contributed by atoms with E-state index in [1.165, 1.54) is 12.1 Å². The van der Waals surface area contributed by atoms with Crippen LogP contribution in [0.15, 0.2) is 48.5 Å². The Labute approximate surface area is 169 Å². The maximum atomic E-state index is 13.4. The molecular weight excluding hydrogens is 381 g/mol. The minimum atomic E-state index is -0.268. The van der Waals surface area contributed by atoms with Crippen molar-refractivity contribution < 1.29 is 14.0 Å². The van der Waals surface area contributed by atoms with Gasteiger partial charge in [-0.1, -0.05) is 11.6 Å². The quantitative estimate of drug-likeness (QED) is 0.443. The number of nitrogens with zero attached hydrogens (tertiary/aromatic N) is 2. The topological polar surface area (TPSA) is 49.4 Å². The number of anilines is 1. The second kappa shape index (κ2) is 9.17. The fraction of sp³-hybridized carbons (Fsp3) is 0.333. The molecule has 1 aliphatic rings. The summed E-state index contributed by atoms with van der Waals surface area (Å²) in [6.45, 7) is 3.39. The molecule has 28 heavy (non-hydrogen) atoms. The Balaban J connectivity index is 1.67. The Hall–Kier alpha value is -2.44. The fourth-order valence-electron chi connectivity index (χ4n) is 3.63. The number of piperazine rings is 1. The molecule has 0 bridgehead atoms. The van der Waals surface area contributed by atoms with Gasteiger partial charge in [0.2, 0.25) is 0 Å². The molecule has 0 aliphatic carbocycles. The molecule has 2 aromatic rings. The number of nitrogens with one attached hydrogen (secondary N) is 1. The molecule has 2 amide bonds. The van der Waals surface area contributed by atoms with Crippen LogP contribution < -0.4 is 9.80 Å². The lowest BCUT2D eigenvalue weighted by Gasteiger charge is -2.44. The third-order valence-electron chi connectivity index (χ3n) is 5.26. The predicted octanol–water partition coefficient (Wildman–Crippen LogP) is 4.31. The first kappa shape index (κ1) is 20.3. The van der Waals surface area contributed by atoms with Crippen LogP contribution in [-0.4, -0.2) is 49.9 Å². The first-order valence-electron chi connectivity index (χ1n) is 9.40. The summed E-state index contributed by atoms with van der Waals surface area (Å²) in [6.07, 6.45) is 2.19. The molecule has 7 heteroatoms. The summed E-state index contributed by atoms with van der Waals surface area (Å²) in [7, 11) is 0. The minimum absolute atomic E-state index is 0.146. The number of urea groups is 1. The van der Waals surface area contributed by atoms with Gasteiger partial charge in [-0.3, -0.25) is 4.48 Å². The third kappa shape index (κ3) is 4.88. The summed E-state index contributed by atoms with van der Waals surface area (Å²) in [5.74, 6) is -0.268. The van der Waals surface area contributed by atoms with E-state index in [2.05, 4.69) is 5.32 Å². The number of carbonyl (C=O) groups is 2. The molecule has 1 saturated heterocycles. The summed E-state index contributed by atoms with van der Waals surface area (Å²) < 4.78 is 14.0. The molecule has 0 spiro atoms. The number of quaternary nitrogens is 1. The fourth-order valence-corrected chi connectivity index (χ4v) is 3.76. The standard InChI is InChI=1S/C21H23ClFN3O2/c22-17-3-7-19(8-4-17)24-21(28)25-11-14-26(15-12-25,13-1-2-16-27)20-9-5-18(23)6-10-20/h3-10,16H,1-2,11-15H2/p+1. The number of aldehydes is 1. The molecule has 2 aromatic carbocycles. The molecule has 1 N–H and O–H groups in total. The second-order valence-corrected chi connectivity index (χ2v) is 7.46. The number of amides is 2. The van der Waals surface area contributed by atoms with Crippen LogP contribution in [0, 0.1) is 5.82 Å². The van der Waals surface area contributed by atoms with E-state index >= 15 is 0 Å². The van der Waals surface area contributed by atoms with Crippen LogP contribution in [-0.2, 0) is 4.79 Å². The highest BCUT2D eigenvalue weighted by molar-refractivity contribution is 6.30. The van der Waals surface area contributed by atoms with E-state index in [4.69, 9.17) is 11.6 Å². The lowest BCUT2D eigenvalue weighted by Crippen LogP contribution is -2.62. The Morgan fingerprint density at radius 2 is 1.75 bits per heavy atom. The SMILES string of the molecule is O=CCCC[N+]1(c2ccc(F)cc2)CCN(C(=O)Nc2ccc(Cl)cc2)CC1. The lowest BCUT2D eigenvalue weighted by atomic mass is 10.1. The molecule has 1 aliphatic heterocycles. The Morgan fingerprint density at radius 1 is 1.11 bits per heavy atom. The number of halogens is 2. The van der Waals surface area contributed by atoms with E-state index in [-0.39, 0.29) is 11.8 Å². The summed E-state index contributed by atoms with van der Waals surface area (Å²) in [5.41, 5.74) is 1.72. The van der Waals surface area contributed by atoms with Gasteiger partial charge in [0.15, 0.2) is 0 Å². The highest BCUT2D eigenvalue weighted by Gasteiger charge is 2.36. The molecule has 0 aromatic heterocycles. The van der Waals surface area contributed by atoms with Gasteiger partial charge in [-0.05, 0) is 36.4 Å². The van der Waals surface area contributed by atoms with Gasteiger partial charge in [-0.25, -0.2) is 9.18 Å². The molecule has 0 radical (unpaired) electrons.